The Morgan fingerprint density at radius 2 is 2.23 bits per heavy atom. The van der Waals surface area contributed by atoms with Crippen molar-refractivity contribution in [2.24, 2.45) is 11.7 Å². The van der Waals surface area contributed by atoms with Gasteiger partial charge in [0.05, 0.1) is 6.10 Å². The first kappa shape index (κ1) is 11.0. The van der Waals surface area contributed by atoms with E-state index in [1.807, 2.05) is 0 Å². The maximum absolute atomic E-state index is 5.71. The average molecular weight is 186 g/mol. The van der Waals surface area contributed by atoms with Gasteiger partial charge in [-0.1, -0.05) is 6.42 Å². The molecule has 1 aliphatic rings. The molecule has 3 heteroatoms. The van der Waals surface area contributed by atoms with Crippen molar-refractivity contribution >= 4 is 0 Å². The minimum absolute atomic E-state index is 0.286. The highest BCUT2D eigenvalue weighted by Crippen LogP contribution is 2.29. The smallest absolute Gasteiger partial charge is 0.0667 e. The SMILES string of the molecule is COC(C)CNC(CN)C1CCC1. The van der Waals surface area contributed by atoms with Crippen LogP contribution >= 0.6 is 0 Å². The van der Waals surface area contributed by atoms with E-state index in [-0.39, 0.29) is 6.10 Å². The maximum Gasteiger partial charge on any atom is 0.0667 e. The van der Waals surface area contributed by atoms with Gasteiger partial charge in [-0.25, -0.2) is 0 Å². The standard InChI is InChI=1S/C10H22N2O/c1-8(13-2)7-12-10(6-11)9-4-3-5-9/h8-10,12H,3-7,11H2,1-2H3. The first-order valence-corrected chi connectivity index (χ1v) is 5.24. The lowest BCUT2D eigenvalue weighted by molar-refractivity contribution is 0.107. The fourth-order valence-electron chi connectivity index (χ4n) is 1.69. The lowest BCUT2D eigenvalue weighted by Gasteiger charge is -2.34. The molecule has 0 amide bonds. The highest BCUT2D eigenvalue weighted by Gasteiger charge is 2.25. The van der Waals surface area contributed by atoms with E-state index >= 15 is 0 Å². The summed E-state index contributed by atoms with van der Waals surface area (Å²) < 4.78 is 5.17. The van der Waals surface area contributed by atoms with E-state index < -0.39 is 0 Å². The Morgan fingerprint density at radius 1 is 1.54 bits per heavy atom. The largest absolute Gasteiger partial charge is 0.380 e. The number of nitrogens with two attached hydrogens (primary N) is 1. The van der Waals surface area contributed by atoms with Crippen molar-refractivity contribution in [1.82, 2.24) is 5.32 Å². The summed E-state index contributed by atoms with van der Waals surface area (Å²) in [4.78, 5) is 0. The summed E-state index contributed by atoms with van der Waals surface area (Å²) in [5.41, 5.74) is 5.71. The van der Waals surface area contributed by atoms with Crippen molar-refractivity contribution in [3.8, 4) is 0 Å². The molecule has 1 fully saturated rings. The van der Waals surface area contributed by atoms with Gasteiger partial charge in [0.25, 0.3) is 0 Å². The molecule has 78 valence electrons. The van der Waals surface area contributed by atoms with Gasteiger partial charge in [0.1, 0.15) is 0 Å². The summed E-state index contributed by atoms with van der Waals surface area (Å²) >= 11 is 0. The highest BCUT2D eigenvalue weighted by molar-refractivity contribution is 4.83. The number of ether oxygens (including phenoxy) is 1. The van der Waals surface area contributed by atoms with Crippen molar-refractivity contribution in [1.29, 1.82) is 0 Å². The Kier molecular flexibility index (Phi) is 4.70. The molecule has 1 saturated carbocycles. The van der Waals surface area contributed by atoms with Crippen LogP contribution in [-0.4, -0.2) is 32.3 Å². The summed E-state index contributed by atoms with van der Waals surface area (Å²) in [6.45, 7) is 3.73. The van der Waals surface area contributed by atoms with Crippen LogP contribution < -0.4 is 11.1 Å². The Labute approximate surface area is 81.0 Å². The second kappa shape index (κ2) is 5.58. The van der Waals surface area contributed by atoms with E-state index in [1.165, 1.54) is 19.3 Å². The quantitative estimate of drug-likeness (QED) is 0.643. The summed E-state index contributed by atoms with van der Waals surface area (Å²) in [6, 6.07) is 0.506. The molecule has 3 nitrogen and oxygen atoms in total. The Balaban J connectivity index is 2.15. The van der Waals surface area contributed by atoms with Crippen molar-refractivity contribution in [3.05, 3.63) is 0 Å². The van der Waals surface area contributed by atoms with Crippen LogP contribution in [-0.2, 0) is 4.74 Å². The number of hydrogen-bond donors (Lipinski definition) is 2. The number of methoxy groups -OCH3 is 1. The summed E-state index contributed by atoms with van der Waals surface area (Å²) in [7, 11) is 1.74. The van der Waals surface area contributed by atoms with Crippen LogP contribution in [0.4, 0.5) is 0 Å². The fourth-order valence-corrected chi connectivity index (χ4v) is 1.69. The van der Waals surface area contributed by atoms with Crippen molar-refractivity contribution < 1.29 is 4.74 Å². The molecular formula is C10H22N2O. The number of hydrogen-bond acceptors (Lipinski definition) is 3. The van der Waals surface area contributed by atoms with Crippen molar-refractivity contribution in [3.63, 3.8) is 0 Å². The van der Waals surface area contributed by atoms with E-state index in [2.05, 4.69) is 12.2 Å². The first-order valence-electron chi connectivity index (χ1n) is 5.24. The van der Waals surface area contributed by atoms with Gasteiger partial charge < -0.3 is 15.8 Å². The van der Waals surface area contributed by atoms with Crippen LogP contribution in [0.2, 0.25) is 0 Å². The van der Waals surface area contributed by atoms with Gasteiger partial charge in [-0.05, 0) is 25.7 Å². The first-order chi connectivity index (χ1) is 6.27. The van der Waals surface area contributed by atoms with E-state index in [9.17, 15) is 0 Å². The molecule has 2 atom stereocenters. The van der Waals surface area contributed by atoms with E-state index in [0.29, 0.717) is 6.04 Å². The van der Waals surface area contributed by atoms with Crippen molar-refractivity contribution in [2.45, 2.75) is 38.3 Å². The predicted molar refractivity (Wildman–Crippen MR) is 54.7 cm³/mol. The third-order valence-electron chi connectivity index (χ3n) is 3.04. The average Bonchev–Trinajstić information content (AvgIpc) is 2.08. The van der Waals surface area contributed by atoms with Crippen LogP contribution in [0.1, 0.15) is 26.2 Å². The molecule has 3 N–H and O–H groups in total. The zero-order valence-corrected chi connectivity index (χ0v) is 8.75. The topological polar surface area (TPSA) is 47.3 Å². The van der Waals surface area contributed by atoms with Crippen molar-refractivity contribution in [2.75, 3.05) is 20.2 Å². The van der Waals surface area contributed by atoms with Crippen LogP contribution in [0.15, 0.2) is 0 Å². The zero-order chi connectivity index (χ0) is 9.68. The molecule has 1 rings (SSSR count). The summed E-state index contributed by atoms with van der Waals surface area (Å²) in [5.74, 6) is 0.814. The normalized spacial score (nSPS) is 22.4. The molecule has 2 unspecified atom stereocenters. The van der Waals surface area contributed by atoms with Gasteiger partial charge in [-0.3, -0.25) is 0 Å². The molecule has 0 saturated heterocycles. The zero-order valence-electron chi connectivity index (χ0n) is 8.75. The molecule has 0 radical (unpaired) electrons. The van der Waals surface area contributed by atoms with E-state index in [4.69, 9.17) is 10.5 Å². The lowest BCUT2D eigenvalue weighted by atomic mass is 9.79. The predicted octanol–water partition coefficient (Wildman–Crippen LogP) is 0.738. The Bertz CT molecular complexity index is 137. The van der Waals surface area contributed by atoms with Crippen LogP contribution in [0, 0.1) is 5.92 Å². The molecule has 0 bridgehead atoms. The molecule has 1 aliphatic carbocycles. The second-order valence-electron chi connectivity index (χ2n) is 3.99. The maximum atomic E-state index is 5.71. The molecule has 13 heavy (non-hydrogen) atoms. The van der Waals surface area contributed by atoms with Gasteiger partial charge in [0.15, 0.2) is 0 Å². The van der Waals surface area contributed by atoms with E-state index in [0.717, 1.165) is 19.0 Å². The van der Waals surface area contributed by atoms with Gasteiger partial charge in [0.2, 0.25) is 0 Å². The molecule has 0 aromatic carbocycles. The molecule has 0 aromatic heterocycles. The van der Waals surface area contributed by atoms with Gasteiger partial charge >= 0.3 is 0 Å². The summed E-state index contributed by atoms with van der Waals surface area (Å²) in [5, 5.41) is 3.47. The Hall–Kier alpha value is -0.120. The lowest BCUT2D eigenvalue weighted by Crippen LogP contribution is -2.47. The highest BCUT2D eigenvalue weighted by atomic mass is 16.5. The summed E-state index contributed by atoms with van der Waals surface area (Å²) in [6.07, 6.45) is 4.35. The van der Waals surface area contributed by atoms with Gasteiger partial charge in [0, 0.05) is 26.2 Å². The second-order valence-corrected chi connectivity index (χ2v) is 3.99. The van der Waals surface area contributed by atoms with Crippen LogP contribution in [0.25, 0.3) is 0 Å². The number of rotatable bonds is 6. The Morgan fingerprint density at radius 3 is 2.62 bits per heavy atom. The van der Waals surface area contributed by atoms with Crippen LogP contribution in [0.5, 0.6) is 0 Å². The van der Waals surface area contributed by atoms with Crippen LogP contribution in [0.3, 0.4) is 0 Å². The minimum atomic E-state index is 0.286. The molecular weight excluding hydrogens is 164 g/mol. The third kappa shape index (κ3) is 3.25. The minimum Gasteiger partial charge on any atom is -0.380 e. The monoisotopic (exact) mass is 186 g/mol. The third-order valence-corrected chi connectivity index (χ3v) is 3.04. The molecule has 0 aliphatic heterocycles. The molecule has 0 spiro atoms. The number of nitrogens with one attached hydrogen (secondary N) is 1. The fraction of sp³-hybridized carbons (Fsp3) is 1.00. The van der Waals surface area contributed by atoms with Gasteiger partial charge in [-0.15, -0.1) is 0 Å². The van der Waals surface area contributed by atoms with E-state index in [1.54, 1.807) is 7.11 Å². The molecule has 0 heterocycles. The molecule has 0 aromatic rings. The van der Waals surface area contributed by atoms with Gasteiger partial charge in [-0.2, -0.15) is 0 Å².